The number of carbonyl (C=O) groups excluding carboxylic acids is 1. The van der Waals surface area contributed by atoms with E-state index in [1.165, 1.54) is 4.90 Å². The Labute approximate surface area is 91.7 Å². The lowest BCUT2D eigenvalue weighted by Gasteiger charge is -2.23. The van der Waals surface area contributed by atoms with E-state index in [1.807, 2.05) is 0 Å². The first-order valence-electron chi connectivity index (χ1n) is 5.28. The highest BCUT2D eigenvalue weighted by molar-refractivity contribution is 5.83. The van der Waals surface area contributed by atoms with Crippen LogP contribution in [0.15, 0.2) is 0 Å². The number of hydrogen-bond acceptors (Lipinski definition) is 2. The number of carbonyl (C=O) groups is 1. The third-order valence-electron chi connectivity index (χ3n) is 2.20. The standard InChI is InChI=1S/C10H22N4O/c1-4-5-6-7-14(10(11)12)8-9(15)13(2)3/h4-8H2,1-3H3,(H3,11,12). The molecule has 1 amide bonds. The molecule has 0 spiro atoms. The molecule has 0 aliphatic carbocycles. The lowest BCUT2D eigenvalue weighted by atomic mass is 10.2. The van der Waals surface area contributed by atoms with Gasteiger partial charge in [0.05, 0.1) is 6.54 Å². The molecular weight excluding hydrogens is 192 g/mol. The minimum Gasteiger partial charge on any atom is -0.370 e. The van der Waals surface area contributed by atoms with Crippen LogP contribution in [-0.2, 0) is 4.79 Å². The van der Waals surface area contributed by atoms with Crippen LogP contribution in [0.5, 0.6) is 0 Å². The van der Waals surface area contributed by atoms with Gasteiger partial charge in [-0.2, -0.15) is 0 Å². The van der Waals surface area contributed by atoms with Crippen LogP contribution >= 0.6 is 0 Å². The average molecular weight is 214 g/mol. The number of guanidine groups is 1. The molecule has 0 bridgehead atoms. The molecule has 3 N–H and O–H groups in total. The fraction of sp³-hybridized carbons (Fsp3) is 0.800. The van der Waals surface area contributed by atoms with E-state index in [4.69, 9.17) is 11.1 Å². The molecule has 0 aliphatic heterocycles. The first-order chi connectivity index (χ1) is 6.99. The van der Waals surface area contributed by atoms with Crippen molar-refractivity contribution in [1.29, 1.82) is 5.41 Å². The van der Waals surface area contributed by atoms with E-state index in [2.05, 4.69) is 6.92 Å². The Morgan fingerprint density at radius 3 is 2.33 bits per heavy atom. The summed E-state index contributed by atoms with van der Waals surface area (Å²) < 4.78 is 0. The molecule has 0 fully saturated rings. The Morgan fingerprint density at radius 1 is 1.33 bits per heavy atom. The van der Waals surface area contributed by atoms with Crippen LogP contribution in [0.2, 0.25) is 0 Å². The zero-order chi connectivity index (χ0) is 11.8. The largest absolute Gasteiger partial charge is 0.370 e. The Hall–Kier alpha value is -1.26. The number of nitrogens with two attached hydrogens (primary N) is 1. The minimum absolute atomic E-state index is 0.0262. The molecule has 0 aliphatic rings. The fourth-order valence-corrected chi connectivity index (χ4v) is 1.14. The quantitative estimate of drug-likeness (QED) is 0.383. The summed E-state index contributed by atoms with van der Waals surface area (Å²) in [5, 5.41) is 7.35. The van der Waals surface area contributed by atoms with Crippen LogP contribution in [-0.4, -0.2) is 48.9 Å². The smallest absolute Gasteiger partial charge is 0.241 e. The van der Waals surface area contributed by atoms with Gasteiger partial charge in [0.2, 0.25) is 5.91 Å². The normalized spacial score (nSPS) is 9.80. The zero-order valence-electron chi connectivity index (χ0n) is 9.92. The van der Waals surface area contributed by atoms with E-state index in [9.17, 15) is 4.79 Å². The molecule has 0 heterocycles. The van der Waals surface area contributed by atoms with Gasteiger partial charge in [0, 0.05) is 20.6 Å². The van der Waals surface area contributed by atoms with Crippen LogP contribution in [0, 0.1) is 5.41 Å². The second-order valence-electron chi connectivity index (χ2n) is 3.80. The molecule has 0 aromatic rings. The van der Waals surface area contributed by atoms with E-state index in [1.54, 1.807) is 19.0 Å². The summed E-state index contributed by atoms with van der Waals surface area (Å²) in [6.07, 6.45) is 3.18. The molecule has 0 aromatic heterocycles. The van der Waals surface area contributed by atoms with Crippen LogP contribution in [0.1, 0.15) is 26.2 Å². The summed E-state index contributed by atoms with van der Waals surface area (Å²) in [7, 11) is 3.40. The molecule has 88 valence electrons. The van der Waals surface area contributed by atoms with Crippen molar-refractivity contribution >= 4 is 11.9 Å². The van der Waals surface area contributed by atoms with Crippen molar-refractivity contribution < 1.29 is 4.79 Å². The number of unbranched alkanes of at least 4 members (excludes halogenated alkanes) is 2. The second-order valence-corrected chi connectivity index (χ2v) is 3.80. The van der Waals surface area contributed by atoms with Gasteiger partial charge in [-0.25, -0.2) is 0 Å². The van der Waals surface area contributed by atoms with Gasteiger partial charge >= 0.3 is 0 Å². The monoisotopic (exact) mass is 214 g/mol. The summed E-state index contributed by atoms with van der Waals surface area (Å²) in [6, 6.07) is 0. The van der Waals surface area contributed by atoms with Gasteiger partial charge < -0.3 is 15.5 Å². The molecular formula is C10H22N4O. The summed E-state index contributed by atoms with van der Waals surface area (Å²) in [5.74, 6) is -0.0528. The lowest BCUT2D eigenvalue weighted by molar-refractivity contribution is -0.129. The molecule has 0 saturated heterocycles. The van der Waals surface area contributed by atoms with Gasteiger partial charge in [0.15, 0.2) is 5.96 Å². The average Bonchev–Trinajstić information content (AvgIpc) is 2.15. The predicted molar refractivity (Wildman–Crippen MR) is 61.7 cm³/mol. The Bertz CT molecular complexity index is 215. The predicted octanol–water partition coefficient (Wildman–Crippen LogP) is 0.460. The molecule has 0 aromatic carbocycles. The number of likely N-dealkylation sites (N-methyl/N-ethyl adjacent to an activating group) is 1. The van der Waals surface area contributed by atoms with Gasteiger partial charge in [-0.1, -0.05) is 19.8 Å². The number of hydrogen-bond donors (Lipinski definition) is 2. The lowest BCUT2D eigenvalue weighted by Crippen LogP contribution is -2.43. The van der Waals surface area contributed by atoms with Crippen molar-refractivity contribution in [2.45, 2.75) is 26.2 Å². The van der Waals surface area contributed by atoms with Crippen LogP contribution < -0.4 is 5.73 Å². The van der Waals surface area contributed by atoms with E-state index in [0.717, 1.165) is 19.3 Å². The van der Waals surface area contributed by atoms with Crippen molar-refractivity contribution in [1.82, 2.24) is 9.80 Å². The first kappa shape index (κ1) is 13.7. The van der Waals surface area contributed by atoms with Crippen LogP contribution in [0.25, 0.3) is 0 Å². The summed E-state index contributed by atoms with van der Waals surface area (Å²) in [4.78, 5) is 14.5. The first-order valence-corrected chi connectivity index (χ1v) is 5.28. The molecule has 0 saturated carbocycles. The number of nitrogens with zero attached hydrogens (tertiary/aromatic N) is 2. The highest BCUT2D eigenvalue weighted by Gasteiger charge is 2.12. The van der Waals surface area contributed by atoms with E-state index in [-0.39, 0.29) is 18.4 Å². The maximum absolute atomic E-state index is 11.4. The molecule has 5 nitrogen and oxygen atoms in total. The maximum Gasteiger partial charge on any atom is 0.241 e. The SMILES string of the molecule is CCCCCN(CC(=O)N(C)C)C(=N)N. The van der Waals surface area contributed by atoms with E-state index in [0.29, 0.717) is 6.54 Å². The van der Waals surface area contributed by atoms with Crippen molar-refractivity contribution in [2.24, 2.45) is 5.73 Å². The van der Waals surface area contributed by atoms with Crippen LogP contribution in [0.3, 0.4) is 0 Å². The molecule has 0 atom stereocenters. The third-order valence-corrected chi connectivity index (χ3v) is 2.20. The van der Waals surface area contributed by atoms with Crippen LogP contribution in [0.4, 0.5) is 0 Å². The van der Waals surface area contributed by atoms with Gasteiger partial charge in [-0.3, -0.25) is 10.2 Å². The summed E-state index contributed by atoms with van der Waals surface area (Å²) in [5.41, 5.74) is 5.41. The fourth-order valence-electron chi connectivity index (χ4n) is 1.14. The van der Waals surface area contributed by atoms with Gasteiger partial charge in [0.1, 0.15) is 0 Å². The van der Waals surface area contributed by atoms with E-state index < -0.39 is 0 Å². The molecule has 5 heteroatoms. The number of amides is 1. The molecule has 0 rings (SSSR count). The van der Waals surface area contributed by atoms with Crippen molar-refractivity contribution in [3.63, 3.8) is 0 Å². The van der Waals surface area contributed by atoms with Crippen molar-refractivity contribution in [3.05, 3.63) is 0 Å². The highest BCUT2D eigenvalue weighted by atomic mass is 16.2. The highest BCUT2D eigenvalue weighted by Crippen LogP contribution is 1.98. The summed E-state index contributed by atoms with van der Waals surface area (Å²) in [6.45, 7) is 3.00. The number of rotatable bonds is 6. The van der Waals surface area contributed by atoms with Gasteiger partial charge in [-0.15, -0.1) is 0 Å². The Kier molecular flexibility index (Phi) is 6.49. The Morgan fingerprint density at radius 2 is 1.93 bits per heavy atom. The molecule has 0 radical (unpaired) electrons. The molecule has 0 unspecified atom stereocenters. The second kappa shape index (κ2) is 7.09. The topological polar surface area (TPSA) is 73.4 Å². The van der Waals surface area contributed by atoms with Crippen molar-refractivity contribution in [2.75, 3.05) is 27.2 Å². The van der Waals surface area contributed by atoms with Gasteiger partial charge in [-0.05, 0) is 6.42 Å². The van der Waals surface area contributed by atoms with Crippen molar-refractivity contribution in [3.8, 4) is 0 Å². The number of nitrogens with one attached hydrogen (secondary N) is 1. The third kappa shape index (κ3) is 5.93. The maximum atomic E-state index is 11.4. The Balaban J connectivity index is 4.05. The summed E-state index contributed by atoms with van der Waals surface area (Å²) >= 11 is 0. The van der Waals surface area contributed by atoms with Gasteiger partial charge in [0.25, 0.3) is 0 Å². The zero-order valence-corrected chi connectivity index (χ0v) is 9.92. The van der Waals surface area contributed by atoms with E-state index >= 15 is 0 Å². The molecule has 15 heavy (non-hydrogen) atoms. The minimum atomic E-state index is -0.0266.